The van der Waals surface area contributed by atoms with Crippen LogP contribution in [0.25, 0.3) is 5.70 Å². The molecular formula is C26H21ClN4O3. The van der Waals surface area contributed by atoms with Gasteiger partial charge in [-0.25, -0.2) is 4.68 Å². The van der Waals surface area contributed by atoms with Gasteiger partial charge in [-0.1, -0.05) is 41.9 Å². The van der Waals surface area contributed by atoms with Gasteiger partial charge in [-0.2, -0.15) is 10.1 Å². The van der Waals surface area contributed by atoms with Gasteiger partial charge in [-0.15, -0.1) is 0 Å². The second-order valence-electron chi connectivity index (χ2n) is 8.05. The molecule has 6 rings (SSSR count). The monoisotopic (exact) mass is 472 g/mol. The van der Waals surface area contributed by atoms with E-state index in [0.717, 1.165) is 33.7 Å². The van der Waals surface area contributed by atoms with Gasteiger partial charge in [0.15, 0.2) is 11.5 Å². The molecule has 8 heteroatoms. The highest BCUT2D eigenvalue weighted by Gasteiger charge is 2.41. The predicted octanol–water partition coefficient (Wildman–Crippen LogP) is 5.51. The Morgan fingerprint density at radius 2 is 1.71 bits per heavy atom. The molecule has 2 aliphatic rings. The third-order valence-corrected chi connectivity index (χ3v) is 6.47. The fraction of sp³-hybridized carbons (Fsp3) is 0.154. The van der Waals surface area contributed by atoms with Crippen molar-refractivity contribution in [2.75, 3.05) is 19.5 Å². The number of aromatic nitrogens is 3. The lowest BCUT2D eigenvalue weighted by molar-refractivity contribution is 0.223. The molecular weight excluding hydrogens is 452 g/mol. The molecule has 0 fully saturated rings. The molecule has 0 amide bonds. The molecule has 170 valence electrons. The summed E-state index contributed by atoms with van der Waals surface area (Å²) in [5.41, 5.74) is 4.92. The van der Waals surface area contributed by atoms with Crippen LogP contribution in [-0.4, -0.2) is 29.0 Å². The summed E-state index contributed by atoms with van der Waals surface area (Å²) in [6.45, 7) is 0. The summed E-state index contributed by atoms with van der Waals surface area (Å²) in [4.78, 5) is 4.47. The summed E-state index contributed by atoms with van der Waals surface area (Å²) >= 11 is 6.19. The standard InChI is InChI=1S/C26H21ClN4O3/c1-32-20-12-9-16(13-21(20)33-2)24-22-23(30-26-28-14-29-31(24)26)18-5-3-4-6-19(18)34-25(22)15-7-10-17(27)11-8-15/h3-14,24-25H,1-2H3,(H,28,29,30)/t24-,25-/m0/s1. The molecule has 0 spiro atoms. The van der Waals surface area contributed by atoms with Crippen LogP contribution in [0.1, 0.15) is 28.8 Å². The lowest BCUT2D eigenvalue weighted by Gasteiger charge is -2.39. The number of benzene rings is 3. The number of methoxy groups -OCH3 is 2. The largest absolute Gasteiger partial charge is 0.493 e. The average molecular weight is 473 g/mol. The van der Waals surface area contributed by atoms with Crippen LogP contribution in [0.15, 0.2) is 78.6 Å². The average Bonchev–Trinajstić information content (AvgIpc) is 3.35. The number of halogens is 1. The second-order valence-corrected chi connectivity index (χ2v) is 8.48. The van der Waals surface area contributed by atoms with Gasteiger partial charge in [0.25, 0.3) is 0 Å². The first-order valence-electron chi connectivity index (χ1n) is 10.8. The number of nitrogens with one attached hydrogen (secondary N) is 1. The summed E-state index contributed by atoms with van der Waals surface area (Å²) in [5, 5.41) is 8.74. The Bertz CT molecular complexity index is 1410. The molecule has 0 aliphatic carbocycles. The van der Waals surface area contributed by atoms with Crippen LogP contribution in [0.4, 0.5) is 5.95 Å². The van der Waals surface area contributed by atoms with Gasteiger partial charge in [0.2, 0.25) is 5.95 Å². The van der Waals surface area contributed by atoms with E-state index >= 15 is 0 Å². The summed E-state index contributed by atoms with van der Waals surface area (Å²) in [5.74, 6) is 2.76. The molecule has 7 nitrogen and oxygen atoms in total. The topological polar surface area (TPSA) is 70.4 Å². The molecule has 3 aromatic carbocycles. The normalized spacial score (nSPS) is 18.2. The van der Waals surface area contributed by atoms with Gasteiger partial charge in [0.1, 0.15) is 24.2 Å². The van der Waals surface area contributed by atoms with E-state index < -0.39 is 0 Å². The van der Waals surface area contributed by atoms with Crippen LogP contribution >= 0.6 is 11.6 Å². The SMILES string of the molecule is COc1ccc([C@H]2C3=C(Nc4ncnn42)c2ccccc2O[C@H]3c2ccc(Cl)cc2)cc1OC. The highest BCUT2D eigenvalue weighted by molar-refractivity contribution is 6.30. The number of anilines is 1. The fourth-order valence-electron chi connectivity index (χ4n) is 4.67. The maximum Gasteiger partial charge on any atom is 0.226 e. The summed E-state index contributed by atoms with van der Waals surface area (Å²) in [6, 6.07) is 21.4. The van der Waals surface area contributed by atoms with Crippen molar-refractivity contribution in [2.24, 2.45) is 0 Å². The van der Waals surface area contributed by atoms with Gasteiger partial charge in [-0.3, -0.25) is 0 Å². The van der Waals surface area contributed by atoms with E-state index in [4.69, 9.17) is 25.8 Å². The van der Waals surface area contributed by atoms with Crippen molar-refractivity contribution in [2.45, 2.75) is 12.1 Å². The van der Waals surface area contributed by atoms with E-state index in [2.05, 4.69) is 15.4 Å². The minimum Gasteiger partial charge on any atom is -0.493 e. The van der Waals surface area contributed by atoms with Crippen molar-refractivity contribution in [3.05, 3.63) is 100 Å². The molecule has 2 atom stereocenters. The molecule has 34 heavy (non-hydrogen) atoms. The van der Waals surface area contributed by atoms with E-state index in [0.29, 0.717) is 22.5 Å². The summed E-state index contributed by atoms with van der Waals surface area (Å²) in [6.07, 6.45) is 1.18. The van der Waals surface area contributed by atoms with E-state index in [1.54, 1.807) is 20.5 Å². The summed E-state index contributed by atoms with van der Waals surface area (Å²) < 4.78 is 19.6. The van der Waals surface area contributed by atoms with Crippen molar-refractivity contribution in [1.82, 2.24) is 14.8 Å². The zero-order chi connectivity index (χ0) is 23.2. The molecule has 1 N–H and O–H groups in total. The number of ether oxygens (including phenoxy) is 3. The van der Waals surface area contributed by atoms with E-state index in [-0.39, 0.29) is 12.1 Å². The van der Waals surface area contributed by atoms with Crippen molar-refractivity contribution in [3.63, 3.8) is 0 Å². The summed E-state index contributed by atoms with van der Waals surface area (Å²) in [7, 11) is 3.26. The van der Waals surface area contributed by atoms with Crippen LogP contribution in [0, 0.1) is 0 Å². The maximum atomic E-state index is 6.61. The number of para-hydroxylation sites is 1. The van der Waals surface area contributed by atoms with Crippen molar-refractivity contribution in [1.29, 1.82) is 0 Å². The number of hydrogen-bond acceptors (Lipinski definition) is 6. The van der Waals surface area contributed by atoms with Crippen LogP contribution in [0.3, 0.4) is 0 Å². The lowest BCUT2D eigenvalue weighted by Crippen LogP contribution is -2.32. The molecule has 0 saturated carbocycles. The van der Waals surface area contributed by atoms with Gasteiger partial charge in [0.05, 0.1) is 19.9 Å². The first kappa shape index (κ1) is 20.6. The Hall–Kier alpha value is -3.97. The Balaban J connectivity index is 1.61. The highest BCUT2D eigenvalue weighted by atomic mass is 35.5. The molecule has 0 saturated heterocycles. The Morgan fingerprint density at radius 3 is 2.50 bits per heavy atom. The van der Waals surface area contributed by atoms with E-state index in [9.17, 15) is 0 Å². The molecule has 2 aliphatic heterocycles. The van der Waals surface area contributed by atoms with Gasteiger partial charge in [0, 0.05) is 16.2 Å². The molecule has 0 unspecified atom stereocenters. The number of rotatable bonds is 4. The van der Waals surface area contributed by atoms with Crippen LogP contribution in [0.5, 0.6) is 17.2 Å². The van der Waals surface area contributed by atoms with Crippen LogP contribution < -0.4 is 19.5 Å². The van der Waals surface area contributed by atoms with Crippen molar-refractivity contribution in [3.8, 4) is 17.2 Å². The van der Waals surface area contributed by atoms with Crippen LogP contribution in [-0.2, 0) is 0 Å². The molecule has 3 heterocycles. The highest BCUT2D eigenvalue weighted by Crippen LogP contribution is 2.51. The lowest BCUT2D eigenvalue weighted by atomic mass is 9.84. The Kier molecular flexibility index (Phi) is 4.92. The predicted molar refractivity (Wildman–Crippen MR) is 130 cm³/mol. The second kappa shape index (κ2) is 8.11. The van der Waals surface area contributed by atoms with Gasteiger partial charge in [-0.05, 0) is 47.5 Å². The minimum absolute atomic E-state index is 0.289. The number of nitrogens with zero attached hydrogens (tertiary/aromatic N) is 3. The molecule has 0 radical (unpaired) electrons. The fourth-order valence-corrected chi connectivity index (χ4v) is 4.80. The molecule has 4 aromatic rings. The quantitative estimate of drug-likeness (QED) is 0.422. The van der Waals surface area contributed by atoms with Crippen LogP contribution in [0.2, 0.25) is 5.02 Å². The first-order chi connectivity index (χ1) is 16.7. The Labute approximate surface area is 201 Å². The third kappa shape index (κ3) is 3.20. The molecule has 0 bridgehead atoms. The minimum atomic E-state index is -0.370. The maximum absolute atomic E-state index is 6.61. The molecule has 1 aromatic heterocycles. The van der Waals surface area contributed by atoms with E-state index in [1.807, 2.05) is 71.4 Å². The number of hydrogen-bond donors (Lipinski definition) is 1. The smallest absolute Gasteiger partial charge is 0.226 e. The Morgan fingerprint density at radius 1 is 0.941 bits per heavy atom. The van der Waals surface area contributed by atoms with Gasteiger partial charge >= 0.3 is 0 Å². The first-order valence-corrected chi connectivity index (χ1v) is 11.2. The third-order valence-electron chi connectivity index (χ3n) is 6.22. The zero-order valence-electron chi connectivity index (χ0n) is 18.5. The zero-order valence-corrected chi connectivity index (χ0v) is 19.3. The van der Waals surface area contributed by atoms with Gasteiger partial charge < -0.3 is 19.5 Å². The number of fused-ring (bicyclic) bond motifs is 3. The van der Waals surface area contributed by atoms with Crippen molar-refractivity contribution < 1.29 is 14.2 Å². The van der Waals surface area contributed by atoms with E-state index in [1.165, 1.54) is 0 Å². The van der Waals surface area contributed by atoms with Crippen molar-refractivity contribution >= 4 is 23.2 Å².